The Labute approximate surface area is 117 Å². The van der Waals surface area contributed by atoms with Crippen LogP contribution in [0.1, 0.15) is 27.7 Å². The molecule has 0 aliphatic heterocycles. The molecule has 1 unspecified atom stereocenters. The Bertz CT molecular complexity index is 322. The van der Waals surface area contributed by atoms with Crippen LogP contribution >= 0.6 is 0 Å². The van der Waals surface area contributed by atoms with E-state index in [0.29, 0.717) is 6.61 Å². The number of methoxy groups -OCH3 is 1. The number of hydrogen-bond acceptors (Lipinski definition) is 1. The Morgan fingerprint density at radius 1 is 1.41 bits per heavy atom. The molecule has 0 saturated heterocycles. The van der Waals surface area contributed by atoms with Crippen molar-refractivity contribution in [3.63, 3.8) is 0 Å². The molecule has 0 radical (unpaired) electrons. The monoisotopic (exact) mass is 227 g/mol. The molecular weight excluding hydrogens is 205 g/mol. The Morgan fingerprint density at radius 3 is 2.47 bits per heavy atom. The van der Waals surface area contributed by atoms with E-state index in [0.717, 1.165) is 0 Å². The van der Waals surface area contributed by atoms with E-state index < -0.39 is 0 Å². The normalized spacial score (nSPS) is 17.6. The van der Waals surface area contributed by atoms with Gasteiger partial charge >= 0.3 is 18.9 Å². The van der Waals surface area contributed by atoms with Gasteiger partial charge in [-0.05, 0) is 17.1 Å². The van der Waals surface area contributed by atoms with Crippen molar-refractivity contribution in [2.75, 3.05) is 13.7 Å². The molecular formula is C14H22LiNO. The summed E-state index contributed by atoms with van der Waals surface area (Å²) < 4.78 is 5.13. The van der Waals surface area contributed by atoms with Crippen LogP contribution < -0.4 is 18.9 Å². The quantitative estimate of drug-likeness (QED) is 0.494. The molecule has 0 aromatic heterocycles. The fourth-order valence-electron chi connectivity index (χ4n) is 1.82. The zero-order valence-electron chi connectivity index (χ0n) is 11.9. The summed E-state index contributed by atoms with van der Waals surface area (Å²) in [7, 11) is 1.72. The van der Waals surface area contributed by atoms with Crippen LogP contribution in [-0.2, 0) is 4.74 Å². The largest absolute Gasteiger partial charge is 1.00 e. The van der Waals surface area contributed by atoms with E-state index in [4.69, 9.17) is 10.1 Å². The third kappa shape index (κ3) is 5.30. The zero-order chi connectivity index (χ0) is 12.2. The van der Waals surface area contributed by atoms with Gasteiger partial charge in [0.05, 0.1) is 0 Å². The predicted octanol–water partition coefficient (Wildman–Crippen LogP) is 0.465. The van der Waals surface area contributed by atoms with E-state index in [1.54, 1.807) is 7.11 Å². The van der Waals surface area contributed by atoms with Gasteiger partial charge < -0.3 is 10.1 Å². The first kappa shape index (κ1) is 16.8. The van der Waals surface area contributed by atoms with Crippen molar-refractivity contribution >= 4 is 0 Å². The molecule has 17 heavy (non-hydrogen) atoms. The molecule has 1 aliphatic rings. The van der Waals surface area contributed by atoms with Gasteiger partial charge in [-0.3, -0.25) is 0 Å². The zero-order valence-corrected chi connectivity index (χ0v) is 11.9. The number of rotatable bonds is 5. The first-order valence-electron chi connectivity index (χ1n) is 5.77. The van der Waals surface area contributed by atoms with Gasteiger partial charge in [0, 0.05) is 13.7 Å². The van der Waals surface area contributed by atoms with Crippen LogP contribution in [0.3, 0.4) is 0 Å². The van der Waals surface area contributed by atoms with E-state index >= 15 is 0 Å². The first-order valence-corrected chi connectivity index (χ1v) is 5.77. The van der Waals surface area contributed by atoms with Crippen molar-refractivity contribution in [1.29, 1.82) is 0 Å². The van der Waals surface area contributed by atoms with Crippen LogP contribution in [-0.4, -0.2) is 25.8 Å². The van der Waals surface area contributed by atoms with E-state index in [1.165, 1.54) is 5.57 Å². The molecule has 0 saturated carbocycles. The summed E-state index contributed by atoms with van der Waals surface area (Å²) in [6.07, 6.45) is 6.06. The van der Waals surface area contributed by atoms with Crippen LogP contribution in [0.15, 0.2) is 29.5 Å². The van der Waals surface area contributed by atoms with Gasteiger partial charge in [-0.15, -0.1) is 11.8 Å². The molecule has 1 aliphatic carbocycles. The van der Waals surface area contributed by atoms with Gasteiger partial charge in [0.1, 0.15) is 0 Å². The van der Waals surface area contributed by atoms with Gasteiger partial charge in [-0.1, -0.05) is 45.9 Å². The van der Waals surface area contributed by atoms with Gasteiger partial charge in [-0.25, -0.2) is 0 Å². The first-order chi connectivity index (χ1) is 7.45. The number of hydrogen-bond donors (Lipinski definition) is 0. The summed E-state index contributed by atoms with van der Waals surface area (Å²) in [5.41, 5.74) is 4.55. The summed E-state index contributed by atoms with van der Waals surface area (Å²) in [6.45, 7) is 9.39. The molecule has 0 aromatic carbocycles. The van der Waals surface area contributed by atoms with Crippen LogP contribution in [0, 0.1) is 5.41 Å². The summed E-state index contributed by atoms with van der Waals surface area (Å²) in [5, 5.41) is 4.82. The maximum Gasteiger partial charge on any atom is 1.00 e. The Hall–Kier alpha value is -0.223. The molecule has 0 amide bonds. The molecule has 0 fully saturated rings. The van der Waals surface area contributed by atoms with E-state index in [1.807, 2.05) is 12.2 Å². The summed E-state index contributed by atoms with van der Waals surface area (Å²) >= 11 is 0. The Morgan fingerprint density at radius 2 is 2.06 bits per heavy atom. The molecule has 0 spiro atoms. The van der Waals surface area contributed by atoms with Crippen molar-refractivity contribution in [2.24, 2.45) is 5.41 Å². The van der Waals surface area contributed by atoms with Crippen molar-refractivity contribution < 1.29 is 23.6 Å². The number of ether oxygens (including phenoxy) is 1. The molecule has 0 bridgehead atoms. The van der Waals surface area contributed by atoms with Crippen LogP contribution in [0.4, 0.5) is 0 Å². The summed E-state index contributed by atoms with van der Waals surface area (Å²) in [4.78, 5) is 0. The second-order valence-corrected chi connectivity index (χ2v) is 5.35. The fourth-order valence-corrected chi connectivity index (χ4v) is 1.82. The minimum Gasteiger partial charge on any atom is -0.650 e. The van der Waals surface area contributed by atoms with Crippen LogP contribution in [0.25, 0.3) is 5.32 Å². The Balaban J connectivity index is 0.00000256. The van der Waals surface area contributed by atoms with Gasteiger partial charge in [0.2, 0.25) is 0 Å². The maximum atomic E-state index is 5.13. The van der Waals surface area contributed by atoms with Crippen LogP contribution in [0.5, 0.6) is 0 Å². The molecule has 0 heterocycles. The average molecular weight is 227 g/mol. The molecule has 2 nitrogen and oxygen atoms in total. The fraction of sp³-hybridized carbons (Fsp3) is 0.643. The second kappa shape index (κ2) is 7.26. The Kier molecular flexibility index (Phi) is 7.17. The molecule has 3 heteroatoms. The minimum absolute atomic E-state index is 0. The van der Waals surface area contributed by atoms with E-state index in [9.17, 15) is 0 Å². The van der Waals surface area contributed by atoms with Gasteiger partial charge in [0.25, 0.3) is 0 Å². The molecule has 1 rings (SSSR count). The van der Waals surface area contributed by atoms with Crippen LogP contribution in [0.2, 0.25) is 0 Å². The smallest absolute Gasteiger partial charge is 0.650 e. The topological polar surface area (TPSA) is 23.3 Å². The SMILES string of the molecule is COC[C@H](C)[N-]C(C1=C=CC=C1)C(C)(C)C.[Li+]. The molecule has 90 valence electrons. The van der Waals surface area contributed by atoms with Gasteiger partial charge in [-0.2, -0.15) is 0 Å². The molecule has 2 atom stereocenters. The van der Waals surface area contributed by atoms with Crippen molar-refractivity contribution in [3.8, 4) is 0 Å². The third-order valence-electron chi connectivity index (χ3n) is 2.55. The van der Waals surface area contributed by atoms with E-state index in [-0.39, 0.29) is 36.4 Å². The maximum absolute atomic E-state index is 5.13. The predicted molar refractivity (Wildman–Crippen MR) is 68.7 cm³/mol. The summed E-state index contributed by atoms with van der Waals surface area (Å²) in [6, 6.07) is 0.408. The minimum atomic E-state index is 0. The third-order valence-corrected chi connectivity index (χ3v) is 2.55. The standard InChI is InChI=1S/C14H22NO.Li/c1-11(10-16-5)15-13(14(2,3)4)12-8-6-7-9-12;/h6-8,11,13H,10H2,1-5H3;/q-1;+1/t11-,13?;/m0./s1. The second-order valence-electron chi connectivity index (χ2n) is 5.35. The molecule has 0 aromatic rings. The average Bonchev–Trinajstić information content (AvgIpc) is 2.65. The van der Waals surface area contributed by atoms with Crippen molar-refractivity contribution in [2.45, 2.75) is 39.8 Å². The van der Waals surface area contributed by atoms with Crippen molar-refractivity contribution in [3.05, 3.63) is 34.8 Å². The van der Waals surface area contributed by atoms with Crippen molar-refractivity contribution in [1.82, 2.24) is 0 Å². The molecule has 0 N–H and O–H groups in total. The van der Waals surface area contributed by atoms with E-state index in [2.05, 4.69) is 39.5 Å². The summed E-state index contributed by atoms with van der Waals surface area (Å²) in [5.74, 6) is 0. The number of allylic oxidation sites excluding steroid dienone is 1. The van der Waals surface area contributed by atoms with Gasteiger partial charge in [0.15, 0.2) is 0 Å². The number of nitrogens with zero attached hydrogens (tertiary/aromatic N) is 1.